The number of aryl methyl sites for hydroxylation is 1. The van der Waals surface area contributed by atoms with Crippen molar-refractivity contribution in [1.29, 1.82) is 0 Å². The summed E-state index contributed by atoms with van der Waals surface area (Å²) in [6.45, 7) is 2.33. The first-order valence-electron chi connectivity index (χ1n) is 7.29. The molecule has 0 radical (unpaired) electrons. The van der Waals surface area contributed by atoms with Gasteiger partial charge < -0.3 is 11.1 Å². The van der Waals surface area contributed by atoms with Crippen molar-refractivity contribution in [3.8, 4) is 0 Å². The maximum absolute atomic E-state index is 12.4. The van der Waals surface area contributed by atoms with Gasteiger partial charge >= 0.3 is 0 Å². The molecule has 6 nitrogen and oxygen atoms in total. The Balaban J connectivity index is 0.00000242. The molecule has 1 aliphatic carbocycles. The molecule has 0 aromatic heterocycles. The van der Waals surface area contributed by atoms with Gasteiger partial charge in [0.05, 0.1) is 4.92 Å². The van der Waals surface area contributed by atoms with Crippen LogP contribution in [0.2, 0.25) is 0 Å². The highest BCUT2D eigenvalue weighted by atomic mass is 35.5. The SMILES string of the molecule is Cc1ccc([N+](=O)[O-])cc1C(=O)NC1CCCCC1CN.Cl. The predicted octanol–water partition coefficient (Wildman–Crippen LogP) is 2.57. The van der Waals surface area contributed by atoms with Crippen LogP contribution in [0.15, 0.2) is 18.2 Å². The van der Waals surface area contributed by atoms with Gasteiger partial charge in [-0.3, -0.25) is 14.9 Å². The summed E-state index contributed by atoms with van der Waals surface area (Å²) < 4.78 is 0. The number of benzene rings is 1. The van der Waals surface area contributed by atoms with Crippen LogP contribution in [-0.4, -0.2) is 23.4 Å². The van der Waals surface area contributed by atoms with Crippen molar-refractivity contribution in [3.63, 3.8) is 0 Å². The second-order valence-corrected chi connectivity index (χ2v) is 5.62. The van der Waals surface area contributed by atoms with Crippen molar-refractivity contribution in [3.05, 3.63) is 39.4 Å². The van der Waals surface area contributed by atoms with Gasteiger partial charge in [-0.1, -0.05) is 18.9 Å². The van der Waals surface area contributed by atoms with Crippen molar-refractivity contribution >= 4 is 24.0 Å². The second-order valence-electron chi connectivity index (χ2n) is 5.62. The number of nitro groups is 1. The number of carbonyl (C=O) groups is 1. The van der Waals surface area contributed by atoms with E-state index >= 15 is 0 Å². The fourth-order valence-corrected chi connectivity index (χ4v) is 2.89. The molecule has 0 bridgehead atoms. The van der Waals surface area contributed by atoms with E-state index in [4.69, 9.17) is 5.73 Å². The van der Waals surface area contributed by atoms with Gasteiger partial charge in [-0.2, -0.15) is 0 Å². The van der Waals surface area contributed by atoms with Gasteiger partial charge in [-0.25, -0.2) is 0 Å². The van der Waals surface area contributed by atoms with Gasteiger partial charge in [-0.15, -0.1) is 12.4 Å². The van der Waals surface area contributed by atoms with Gasteiger partial charge in [0.25, 0.3) is 11.6 Å². The molecule has 122 valence electrons. The number of hydrogen-bond acceptors (Lipinski definition) is 4. The van der Waals surface area contributed by atoms with Crippen molar-refractivity contribution in [2.24, 2.45) is 11.7 Å². The Morgan fingerprint density at radius 2 is 2.09 bits per heavy atom. The highest BCUT2D eigenvalue weighted by Gasteiger charge is 2.26. The average Bonchev–Trinajstić information content (AvgIpc) is 2.47. The molecule has 7 heteroatoms. The molecule has 1 aromatic carbocycles. The van der Waals surface area contributed by atoms with Crippen molar-refractivity contribution in [2.45, 2.75) is 38.6 Å². The number of hydrogen-bond donors (Lipinski definition) is 2. The zero-order valence-corrected chi connectivity index (χ0v) is 13.4. The van der Waals surface area contributed by atoms with Crippen LogP contribution >= 0.6 is 12.4 Å². The van der Waals surface area contributed by atoms with Crippen molar-refractivity contribution in [1.82, 2.24) is 5.32 Å². The Morgan fingerprint density at radius 1 is 1.41 bits per heavy atom. The topological polar surface area (TPSA) is 98.3 Å². The van der Waals surface area contributed by atoms with Crippen molar-refractivity contribution in [2.75, 3.05) is 6.54 Å². The molecular weight excluding hydrogens is 306 g/mol. The van der Waals surface area contributed by atoms with Crippen LogP contribution in [0.1, 0.15) is 41.6 Å². The summed E-state index contributed by atoms with van der Waals surface area (Å²) in [6, 6.07) is 4.42. The van der Waals surface area contributed by atoms with Crippen LogP contribution in [0.4, 0.5) is 5.69 Å². The van der Waals surface area contributed by atoms with E-state index in [1.165, 1.54) is 12.1 Å². The molecule has 2 unspecified atom stereocenters. The lowest BCUT2D eigenvalue weighted by molar-refractivity contribution is -0.384. The first kappa shape index (κ1) is 18.4. The Kier molecular flexibility index (Phi) is 6.77. The molecule has 3 N–H and O–H groups in total. The summed E-state index contributed by atoms with van der Waals surface area (Å²) in [5.41, 5.74) is 6.80. The van der Waals surface area contributed by atoms with Gasteiger partial charge in [0.1, 0.15) is 0 Å². The highest BCUT2D eigenvalue weighted by molar-refractivity contribution is 5.96. The van der Waals surface area contributed by atoms with E-state index in [-0.39, 0.29) is 30.0 Å². The van der Waals surface area contributed by atoms with E-state index < -0.39 is 4.92 Å². The Hall–Kier alpha value is -1.66. The third-order valence-electron chi connectivity index (χ3n) is 4.20. The van der Waals surface area contributed by atoms with E-state index in [1.54, 1.807) is 13.0 Å². The van der Waals surface area contributed by atoms with Gasteiger partial charge in [-0.05, 0) is 37.8 Å². The lowest BCUT2D eigenvalue weighted by Crippen LogP contribution is -2.44. The van der Waals surface area contributed by atoms with E-state index in [9.17, 15) is 14.9 Å². The van der Waals surface area contributed by atoms with Crippen LogP contribution in [-0.2, 0) is 0 Å². The number of carbonyl (C=O) groups excluding carboxylic acids is 1. The molecule has 22 heavy (non-hydrogen) atoms. The summed E-state index contributed by atoms with van der Waals surface area (Å²) in [7, 11) is 0. The van der Waals surface area contributed by atoms with Gasteiger partial charge in [0, 0.05) is 23.7 Å². The molecule has 0 heterocycles. The molecular formula is C15H22ClN3O3. The molecule has 1 amide bonds. The van der Waals surface area contributed by atoms with Crippen LogP contribution < -0.4 is 11.1 Å². The fraction of sp³-hybridized carbons (Fsp3) is 0.533. The van der Waals surface area contributed by atoms with Crippen LogP contribution in [0.5, 0.6) is 0 Å². The molecule has 0 spiro atoms. The van der Waals surface area contributed by atoms with E-state index in [0.717, 1.165) is 31.2 Å². The molecule has 2 rings (SSSR count). The lowest BCUT2D eigenvalue weighted by Gasteiger charge is -2.31. The highest BCUT2D eigenvalue weighted by Crippen LogP contribution is 2.24. The Morgan fingerprint density at radius 3 is 2.73 bits per heavy atom. The molecule has 1 aliphatic rings. The van der Waals surface area contributed by atoms with Crippen molar-refractivity contribution < 1.29 is 9.72 Å². The summed E-state index contributed by atoms with van der Waals surface area (Å²) in [6.07, 6.45) is 4.16. The molecule has 2 atom stereocenters. The van der Waals surface area contributed by atoms with E-state index in [1.807, 2.05) is 0 Å². The first-order chi connectivity index (χ1) is 10.0. The number of nitrogens with zero attached hydrogens (tertiary/aromatic N) is 1. The molecule has 1 aromatic rings. The minimum atomic E-state index is -0.487. The summed E-state index contributed by atoms with van der Waals surface area (Å²) in [5.74, 6) is 0.0447. The number of nitro benzene ring substituents is 1. The standard InChI is InChI=1S/C15H21N3O3.ClH/c1-10-6-7-12(18(20)21)8-13(10)15(19)17-14-5-3-2-4-11(14)9-16;/h6-8,11,14H,2-5,9,16H2,1H3,(H,17,19);1H. The number of nitrogens with one attached hydrogen (secondary N) is 1. The largest absolute Gasteiger partial charge is 0.349 e. The van der Waals surface area contributed by atoms with Crippen LogP contribution in [0, 0.1) is 23.0 Å². The van der Waals surface area contributed by atoms with Crippen LogP contribution in [0.3, 0.4) is 0 Å². The average molecular weight is 328 g/mol. The zero-order valence-electron chi connectivity index (χ0n) is 12.6. The minimum Gasteiger partial charge on any atom is -0.349 e. The molecule has 1 fully saturated rings. The van der Waals surface area contributed by atoms with E-state index in [2.05, 4.69) is 5.32 Å². The molecule has 0 saturated heterocycles. The maximum atomic E-state index is 12.4. The van der Waals surface area contributed by atoms with Gasteiger partial charge in [0.15, 0.2) is 0 Å². The molecule has 1 saturated carbocycles. The Labute approximate surface area is 136 Å². The summed E-state index contributed by atoms with van der Waals surface area (Å²) in [5, 5.41) is 13.8. The third kappa shape index (κ3) is 4.18. The molecule has 0 aliphatic heterocycles. The number of amides is 1. The number of nitrogens with two attached hydrogens (primary N) is 1. The number of non-ortho nitro benzene ring substituents is 1. The quantitative estimate of drug-likeness (QED) is 0.656. The fourth-order valence-electron chi connectivity index (χ4n) is 2.89. The predicted molar refractivity (Wildman–Crippen MR) is 87.3 cm³/mol. The zero-order chi connectivity index (χ0) is 15.4. The smallest absolute Gasteiger partial charge is 0.270 e. The van der Waals surface area contributed by atoms with E-state index in [0.29, 0.717) is 18.0 Å². The normalized spacial score (nSPS) is 20.8. The minimum absolute atomic E-state index is 0. The number of rotatable bonds is 4. The van der Waals surface area contributed by atoms with Gasteiger partial charge in [0.2, 0.25) is 0 Å². The number of halogens is 1. The maximum Gasteiger partial charge on any atom is 0.270 e. The lowest BCUT2D eigenvalue weighted by atomic mass is 9.84. The monoisotopic (exact) mass is 327 g/mol. The first-order valence-corrected chi connectivity index (χ1v) is 7.29. The van der Waals surface area contributed by atoms with Crippen LogP contribution in [0.25, 0.3) is 0 Å². The second kappa shape index (κ2) is 8.10. The summed E-state index contributed by atoms with van der Waals surface area (Å²) in [4.78, 5) is 22.7. The Bertz CT molecular complexity index is 551. The summed E-state index contributed by atoms with van der Waals surface area (Å²) >= 11 is 0. The third-order valence-corrected chi connectivity index (χ3v) is 4.20.